The highest BCUT2D eigenvalue weighted by atomic mass is 35.5. The van der Waals surface area contributed by atoms with Crippen LogP contribution in [0.15, 0.2) is 54.7 Å². The fourth-order valence-electron chi connectivity index (χ4n) is 4.21. The first kappa shape index (κ1) is 25.2. The van der Waals surface area contributed by atoms with Crippen LogP contribution in [-0.2, 0) is 14.3 Å². The number of nitrogens with one attached hydrogen (secondary N) is 1. The van der Waals surface area contributed by atoms with Crippen molar-refractivity contribution in [1.82, 2.24) is 14.9 Å². The first-order valence-corrected chi connectivity index (χ1v) is 12.3. The molecule has 0 radical (unpaired) electrons. The van der Waals surface area contributed by atoms with E-state index in [-0.39, 0.29) is 36.3 Å². The Morgan fingerprint density at radius 2 is 1.80 bits per heavy atom. The van der Waals surface area contributed by atoms with E-state index in [9.17, 15) is 9.59 Å². The molecule has 2 aromatic carbocycles. The maximum atomic E-state index is 13.3. The molecule has 2 atom stereocenters. The molecule has 1 aromatic heterocycles. The lowest BCUT2D eigenvalue weighted by molar-refractivity contribution is -0.143. The van der Waals surface area contributed by atoms with Gasteiger partial charge in [0, 0.05) is 29.4 Å². The Morgan fingerprint density at radius 3 is 2.54 bits per heavy atom. The van der Waals surface area contributed by atoms with E-state index in [0.717, 1.165) is 31.4 Å². The SMILES string of the molecule is CC(=O)OCCOC1CCCCC1NC(=O)c1cn(-c2ccc(Cl)cc2)c(-c2ccccc2Cl)n1. The Bertz CT molecular complexity index is 1180. The monoisotopic (exact) mass is 515 g/mol. The van der Waals surface area contributed by atoms with Gasteiger partial charge in [0.1, 0.15) is 18.1 Å². The van der Waals surface area contributed by atoms with Crippen LogP contribution in [0.2, 0.25) is 10.0 Å². The van der Waals surface area contributed by atoms with E-state index in [1.807, 2.05) is 34.9 Å². The molecule has 1 saturated carbocycles. The second-order valence-electron chi connectivity index (χ2n) is 8.39. The quantitative estimate of drug-likeness (QED) is 0.317. The molecular formula is C26H27Cl2N3O4. The normalized spacial score (nSPS) is 17.7. The molecule has 2 unspecified atom stereocenters. The average molecular weight is 516 g/mol. The van der Waals surface area contributed by atoms with Crippen molar-refractivity contribution in [2.45, 2.75) is 44.8 Å². The zero-order valence-electron chi connectivity index (χ0n) is 19.4. The number of benzene rings is 2. The first-order chi connectivity index (χ1) is 16.9. The van der Waals surface area contributed by atoms with Crippen LogP contribution in [0.4, 0.5) is 0 Å². The Labute approximate surface area is 214 Å². The summed E-state index contributed by atoms with van der Waals surface area (Å²) < 4.78 is 12.7. The number of rotatable bonds is 8. The van der Waals surface area contributed by atoms with Gasteiger partial charge in [-0.2, -0.15) is 0 Å². The van der Waals surface area contributed by atoms with Crippen molar-refractivity contribution in [1.29, 1.82) is 0 Å². The number of carbonyl (C=O) groups is 2. The molecule has 1 aliphatic rings. The first-order valence-electron chi connectivity index (χ1n) is 11.6. The van der Waals surface area contributed by atoms with Crippen molar-refractivity contribution in [3.05, 3.63) is 70.5 Å². The number of imidazole rings is 1. The number of esters is 1. The van der Waals surface area contributed by atoms with Gasteiger partial charge in [0.05, 0.1) is 23.8 Å². The van der Waals surface area contributed by atoms with E-state index in [0.29, 0.717) is 28.0 Å². The van der Waals surface area contributed by atoms with Gasteiger partial charge >= 0.3 is 5.97 Å². The molecule has 1 aliphatic carbocycles. The van der Waals surface area contributed by atoms with Crippen molar-refractivity contribution in [3.63, 3.8) is 0 Å². The van der Waals surface area contributed by atoms with E-state index in [1.165, 1.54) is 6.92 Å². The molecule has 0 saturated heterocycles. The van der Waals surface area contributed by atoms with Crippen LogP contribution in [-0.4, -0.2) is 46.8 Å². The summed E-state index contributed by atoms with van der Waals surface area (Å²) in [6, 6.07) is 14.5. The summed E-state index contributed by atoms with van der Waals surface area (Å²) in [7, 11) is 0. The lowest BCUT2D eigenvalue weighted by Crippen LogP contribution is -2.46. The summed E-state index contributed by atoms with van der Waals surface area (Å²) in [5, 5.41) is 4.25. The van der Waals surface area contributed by atoms with Crippen LogP contribution in [0.3, 0.4) is 0 Å². The third-order valence-corrected chi connectivity index (χ3v) is 6.48. The molecule has 0 bridgehead atoms. The number of halogens is 2. The van der Waals surface area contributed by atoms with Gasteiger partial charge in [0.2, 0.25) is 0 Å². The number of nitrogens with zero attached hydrogens (tertiary/aromatic N) is 2. The van der Waals surface area contributed by atoms with Gasteiger partial charge in [-0.3, -0.25) is 14.2 Å². The van der Waals surface area contributed by atoms with Crippen LogP contribution in [0.5, 0.6) is 0 Å². The van der Waals surface area contributed by atoms with Crippen molar-refractivity contribution in [3.8, 4) is 17.1 Å². The zero-order chi connectivity index (χ0) is 24.8. The molecule has 1 heterocycles. The van der Waals surface area contributed by atoms with Gasteiger partial charge in [-0.15, -0.1) is 0 Å². The van der Waals surface area contributed by atoms with Crippen LogP contribution in [0.25, 0.3) is 17.1 Å². The van der Waals surface area contributed by atoms with Gasteiger partial charge in [-0.25, -0.2) is 4.98 Å². The summed E-state index contributed by atoms with van der Waals surface area (Å²) in [5.41, 5.74) is 1.80. The van der Waals surface area contributed by atoms with Gasteiger partial charge in [0.25, 0.3) is 5.91 Å². The highest BCUT2D eigenvalue weighted by Gasteiger charge is 2.29. The standard InChI is InChI=1S/C26H27Cl2N3O4/c1-17(32)34-14-15-35-24-9-5-4-8-22(24)30-26(33)23-16-31(19-12-10-18(27)11-13-19)25(29-23)20-6-2-3-7-21(20)28/h2-3,6-7,10-13,16,22,24H,4-5,8-9,14-15H2,1H3,(H,30,33). The van der Waals surface area contributed by atoms with Crippen LogP contribution in [0.1, 0.15) is 43.1 Å². The van der Waals surface area contributed by atoms with E-state index >= 15 is 0 Å². The minimum atomic E-state index is -0.340. The molecular weight excluding hydrogens is 489 g/mol. The number of hydrogen-bond acceptors (Lipinski definition) is 5. The zero-order valence-corrected chi connectivity index (χ0v) is 20.9. The summed E-state index contributed by atoms with van der Waals surface area (Å²) in [6.45, 7) is 1.85. The molecule has 1 amide bonds. The number of carbonyl (C=O) groups excluding carboxylic acids is 2. The van der Waals surface area contributed by atoms with Crippen LogP contribution >= 0.6 is 23.2 Å². The molecule has 0 aliphatic heterocycles. The van der Waals surface area contributed by atoms with Gasteiger partial charge in [-0.05, 0) is 49.2 Å². The number of hydrogen-bond donors (Lipinski definition) is 1. The van der Waals surface area contributed by atoms with Gasteiger partial charge < -0.3 is 14.8 Å². The van der Waals surface area contributed by atoms with E-state index in [1.54, 1.807) is 24.4 Å². The van der Waals surface area contributed by atoms with Gasteiger partial charge in [-0.1, -0.05) is 48.2 Å². The largest absolute Gasteiger partial charge is 0.463 e. The molecule has 1 fully saturated rings. The minimum Gasteiger partial charge on any atom is -0.463 e. The number of ether oxygens (including phenoxy) is 2. The Morgan fingerprint density at radius 1 is 1.06 bits per heavy atom. The predicted octanol–water partition coefficient (Wildman–Crippen LogP) is 5.47. The Kier molecular flexibility index (Phi) is 8.44. The second kappa shape index (κ2) is 11.7. The van der Waals surface area contributed by atoms with Crippen molar-refractivity contribution < 1.29 is 19.1 Å². The second-order valence-corrected chi connectivity index (χ2v) is 9.23. The fourth-order valence-corrected chi connectivity index (χ4v) is 4.56. The van der Waals surface area contributed by atoms with Crippen molar-refractivity contribution in [2.75, 3.05) is 13.2 Å². The maximum Gasteiger partial charge on any atom is 0.302 e. The summed E-state index contributed by atoms with van der Waals surface area (Å²) >= 11 is 12.5. The maximum absolute atomic E-state index is 13.3. The molecule has 9 heteroatoms. The average Bonchev–Trinajstić information content (AvgIpc) is 3.29. The Hall–Kier alpha value is -2.87. The van der Waals surface area contributed by atoms with Crippen LogP contribution in [0, 0.1) is 0 Å². The lowest BCUT2D eigenvalue weighted by atomic mass is 9.92. The molecule has 3 aromatic rings. The third-order valence-electron chi connectivity index (χ3n) is 5.90. The number of aromatic nitrogens is 2. The summed E-state index contributed by atoms with van der Waals surface area (Å²) in [6.07, 6.45) is 5.21. The highest BCUT2D eigenvalue weighted by Crippen LogP contribution is 2.30. The van der Waals surface area contributed by atoms with Crippen molar-refractivity contribution >= 4 is 35.1 Å². The van der Waals surface area contributed by atoms with E-state index in [4.69, 9.17) is 32.7 Å². The lowest BCUT2D eigenvalue weighted by Gasteiger charge is -2.31. The van der Waals surface area contributed by atoms with Crippen LogP contribution < -0.4 is 5.32 Å². The molecule has 4 rings (SSSR count). The summed E-state index contributed by atoms with van der Waals surface area (Å²) in [5.74, 6) is -0.0694. The molecule has 7 nitrogen and oxygen atoms in total. The van der Waals surface area contributed by atoms with Gasteiger partial charge in [0.15, 0.2) is 0 Å². The fraction of sp³-hybridized carbons (Fsp3) is 0.346. The van der Waals surface area contributed by atoms with E-state index in [2.05, 4.69) is 10.3 Å². The molecule has 0 spiro atoms. The summed E-state index contributed by atoms with van der Waals surface area (Å²) in [4.78, 5) is 28.9. The smallest absolute Gasteiger partial charge is 0.302 e. The third kappa shape index (κ3) is 6.42. The topological polar surface area (TPSA) is 82.5 Å². The molecule has 35 heavy (non-hydrogen) atoms. The Balaban J connectivity index is 1.56. The van der Waals surface area contributed by atoms with Crippen molar-refractivity contribution in [2.24, 2.45) is 0 Å². The highest BCUT2D eigenvalue weighted by molar-refractivity contribution is 6.33. The minimum absolute atomic E-state index is 0.148. The number of amides is 1. The van der Waals surface area contributed by atoms with E-state index < -0.39 is 0 Å². The molecule has 184 valence electrons. The molecule has 1 N–H and O–H groups in total. The predicted molar refractivity (Wildman–Crippen MR) is 135 cm³/mol.